The zero-order valence-electron chi connectivity index (χ0n) is 13.6. The van der Waals surface area contributed by atoms with Crippen molar-refractivity contribution in [1.82, 2.24) is 4.90 Å². The molecule has 1 unspecified atom stereocenters. The second-order valence-corrected chi connectivity index (χ2v) is 5.61. The van der Waals surface area contributed by atoms with Gasteiger partial charge in [-0.15, -0.1) is 0 Å². The van der Waals surface area contributed by atoms with Gasteiger partial charge in [0.1, 0.15) is 0 Å². The highest BCUT2D eigenvalue weighted by Gasteiger charge is 2.13. The average Bonchev–Trinajstić information content (AvgIpc) is 2.44. The maximum absolute atomic E-state index is 5.30. The number of rotatable bonds is 9. The highest BCUT2D eigenvalue weighted by atomic mass is 16.5. The molecule has 1 N–H and O–H groups in total. The summed E-state index contributed by atoms with van der Waals surface area (Å²) in [5.41, 5.74) is 2.55. The Balaban J connectivity index is 2.71. The number of ether oxygens (including phenoxy) is 1. The van der Waals surface area contributed by atoms with Crippen LogP contribution in [0.5, 0.6) is 0 Å². The zero-order valence-corrected chi connectivity index (χ0v) is 13.6. The molecule has 0 heterocycles. The number of nitrogens with zero attached hydrogens (tertiary/aromatic N) is 1. The Kier molecular flexibility index (Phi) is 7.63. The highest BCUT2D eigenvalue weighted by Crippen LogP contribution is 2.16. The lowest BCUT2D eigenvalue weighted by atomic mass is 10.0. The molecular formula is C17H30N2O. The summed E-state index contributed by atoms with van der Waals surface area (Å²) in [5.74, 6) is 0.543. The zero-order chi connectivity index (χ0) is 15.0. The summed E-state index contributed by atoms with van der Waals surface area (Å²) in [6, 6.07) is 9.07. The van der Waals surface area contributed by atoms with Gasteiger partial charge in [0.2, 0.25) is 0 Å². The topological polar surface area (TPSA) is 24.5 Å². The summed E-state index contributed by atoms with van der Waals surface area (Å²) in [6.07, 6.45) is 0. The second kappa shape index (κ2) is 8.98. The lowest BCUT2D eigenvalue weighted by Gasteiger charge is -2.23. The van der Waals surface area contributed by atoms with Crippen molar-refractivity contribution in [3.05, 3.63) is 29.8 Å². The number of hydrogen-bond acceptors (Lipinski definition) is 3. The lowest BCUT2D eigenvalue weighted by Crippen LogP contribution is -2.30. The first kappa shape index (κ1) is 17.0. The van der Waals surface area contributed by atoms with E-state index < -0.39 is 0 Å². The van der Waals surface area contributed by atoms with E-state index in [-0.39, 0.29) is 0 Å². The molecule has 0 radical (unpaired) electrons. The van der Waals surface area contributed by atoms with Crippen LogP contribution in [0.15, 0.2) is 24.3 Å². The third kappa shape index (κ3) is 5.51. The van der Waals surface area contributed by atoms with E-state index in [2.05, 4.69) is 62.2 Å². The molecule has 20 heavy (non-hydrogen) atoms. The summed E-state index contributed by atoms with van der Waals surface area (Å²) >= 11 is 0. The molecule has 0 spiro atoms. The van der Waals surface area contributed by atoms with E-state index in [1.54, 1.807) is 7.11 Å². The minimum absolute atomic E-state index is 0.351. The van der Waals surface area contributed by atoms with Crippen LogP contribution in [0.4, 0.5) is 5.69 Å². The monoisotopic (exact) mass is 278 g/mol. The van der Waals surface area contributed by atoms with Crippen LogP contribution in [0.25, 0.3) is 0 Å². The van der Waals surface area contributed by atoms with Gasteiger partial charge in [-0.1, -0.05) is 39.8 Å². The number of methoxy groups -OCH3 is 1. The standard InChI is InChI=1S/C17H30N2O/c1-6-19(7-2)12-15-9-8-10-16(11-15)18-17(13-20-5)14(3)4/h8-11,14,17-18H,6-7,12-13H2,1-5H3. The van der Waals surface area contributed by atoms with Crippen LogP contribution in [-0.4, -0.2) is 37.7 Å². The van der Waals surface area contributed by atoms with Gasteiger partial charge in [0, 0.05) is 19.3 Å². The van der Waals surface area contributed by atoms with Crippen LogP contribution in [0.2, 0.25) is 0 Å². The molecule has 0 bridgehead atoms. The second-order valence-electron chi connectivity index (χ2n) is 5.61. The number of benzene rings is 1. The van der Waals surface area contributed by atoms with Gasteiger partial charge >= 0.3 is 0 Å². The number of hydrogen-bond donors (Lipinski definition) is 1. The molecule has 3 heteroatoms. The van der Waals surface area contributed by atoms with Crippen LogP contribution < -0.4 is 5.32 Å². The molecule has 3 nitrogen and oxygen atoms in total. The summed E-state index contributed by atoms with van der Waals surface area (Å²) in [4.78, 5) is 2.42. The summed E-state index contributed by atoms with van der Waals surface area (Å²) in [5, 5.41) is 3.59. The minimum atomic E-state index is 0.351. The van der Waals surface area contributed by atoms with Gasteiger partial charge in [-0.3, -0.25) is 4.90 Å². The quantitative estimate of drug-likeness (QED) is 0.747. The molecule has 1 atom stereocenters. The van der Waals surface area contributed by atoms with Crippen LogP contribution in [-0.2, 0) is 11.3 Å². The molecule has 0 saturated heterocycles. The van der Waals surface area contributed by atoms with Crippen molar-refractivity contribution < 1.29 is 4.74 Å². The first-order valence-corrected chi connectivity index (χ1v) is 7.67. The Labute approximate surface area is 124 Å². The van der Waals surface area contributed by atoms with Gasteiger partial charge in [-0.25, -0.2) is 0 Å². The van der Waals surface area contributed by atoms with Crippen LogP contribution in [0.3, 0.4) is 0 Å². The Morgan fingerprint density at radius 2 is 1.90 bits per heavy atom. The Morgan fingerprint density at radius 3 is 2.45 bits per heavy atom. The van der Waals surface area contributed by atoms with Crippen molar-refractivity contribution in [2.24, 2.45) is 5.92 Å². The Bertz CT molecular complexity index is 375. The summed E-state index contributed by atoms with van der Waals surface area (Å²) < 4.78 is 5.30. The molecule has 0 aromatic heterocycles. The van der Waals surface area contributed by atoms with E-state index in [4.69, 9.17) is 4.74 Å². The maximum Gasteiger partial charge on any atom is 0.0666 e. The number of anilines is 1. The van der Waals surface area contributed by atoms with Crippen LogP contribution in [0.1, 0.15) is 33.3 Å². The van der Waals surface area contributed by atoms with Crippen LogP contribution >= 0.6 is 0 Å². The Hall–Kier alpha value is -1.06. The van der Waals surface area contributed by atoms with Crippen molar-refractivity contribution in [2.75, 3.05) is 32.1 Å². The van der Waals surface area contributed by atoms with Gasteiger partial charge in [0.25, 0.3) is 0 Å². The van der Waals surface area contributed by atoms with Gasteiger partial charge in [-0.05, 0) is 36.7 Å². The van der Waals surface area contributed by atoms with E-state index in [0.717, 1.165) is 26.2 Å². The fourth-order valence-corrected chi connectivity index (χ4v) is 2.26. The molecule has 0 saturated carbocycles. The van der Waals surface area contributed by atoms with Gasteiger partial charge in [0.15, 0.2) is 0 Å². The normalized spacial score (nSPS) is 12.9. The molecular weight excluding hydrogens is 248 g/mol. The van der Waals surface area contributed by atoms with Crippen molar-refractivity contribution >= 4 is 5.69 Å². The molecule has 0 aliphatic heterocycles. The van der Waals surface area contributed by atoms with Crippen molar-refractivity contribution in [2.45, 2.75) is 40.3 Å². The van der Waals surface area contributed by atoms with E-state index in [1.165, 1.54) is 11.3 Å². The van der Waals surface area contributed by atoms with Gasteiger partial charge in [0.05, 0.1) is 12.6 Å². The molecule has 114 valence electrons. The third-order valence-corrected chi connectivity index (χ3v) is 3.73. The smallest absolute Gasteiger partial charge is 0.0666 e. The lowest BCUT2D eigenvalue weighted by molar-refractivity contribution is 0.171. The molecule has 0 amide bonds. The molecule has 0 fully saturated rings. The van der Waals surface area contributed by atoms with Crippen LogP contribution in [0, 0.1) is 5.92 Å². The number of nitrogens with one attached hydrogen (secondary N) is 1. The minimum Gasteiger partial charge on any atom is -0.383 e. The summed E-state index contributed by atoms with van der Waals surface area (Å²) in [7, 11) is 1.76. The van der Waals surface area contributed by atoms with Gasteiger partial charge in [-0.2, -0.15) is 0 Å². The van der Waals surface area contributed by atoms with Gasteiger partial charge < -0.3 is 10.1 Å². The fraction of sp³-hybridized carbons (Fsp3) is 0.647. The molecule has 0 aliphatic carbocycles. The largest absolute Gasteiger partial charge is 0.383 e. The molecule has 0 aliphatic rings. The average molecular weight is 278 g/mol. The first-order chi connectivity index (χ1) is 9.60. The predicted octanol–water partition coefficient (Wildman–Crippen LogP) is 3.61. The van der Waals surface area contributed by atoms with E-state index >= 15 is 0 Å². The predicted molar refractivity (Wildman–Crippen MR) is 87.2 cm³/mol. The molecule has 1 rings (SSSR count). The molecule has 1 aromatic rings. The maximum atomic E-state index is 5.30. The SMILES string of the molecule is CCN(CC)Cc1cccc(NC(COC)C(C)C)c1. The van der Waals surface area contributed by atoms with E-state index in [1.807, 2.05) is 0 Å². The first-order valence-electron chi connectivity index (χ1n) is 7.67. The van der Waals surface area contributed by atoms with Crippen molar-refractivity contribution in [3.8, 4) is 0 Å². The van der Waals surface area contributed by atoms with Crippen molar-refractivity contribution in [3.63, 3.8) is 0 Å². The Morgan fingerprint density at radius 1 is 1.20 bits per heavy atom. The highest BCUT2D eigenvalue weighted by molar-refractivity contribution is 5.46. The fourth-order valence-electron chi connectivity index (χ4n) is 2.26. The van der Waals surface area contributed by atoms with Crippen molar-refractivity contribution in [1.29, 1.82) is 0 Å². The summed E-state index contributed by atoms with van der Waals surface area (Å²) in [6.45, 7) is 12.8. The molecule has 1 aromatic carbocycles. The van der Waals surface area contributed by atoms with E-state index in [0.29, 0.717) is 12.0 Å². The van der Waals surface area contributed by atoms with E-state index in [9.17, 15) is 0 Å². The third-order valence-electron chi connectivity index (χ3n) is 3.73.